The van der Waals surface area contributed by atoms with Gasteiger partial charge in [0.25, 0.3) is 5.69 Å². The van der Waals surface area contributed by atoms with E-state index in [0.717, 1.165) is 82.4 Å². The lowest BCUT2D eigenvalue weighted by molar-refractivity contribution is -0.384. The normalized spacial score (nSPS) is 22.2. The van der Waals surface area contributed by atoms with Gasteiger partial charge < -0.3 is 9.47 Å². The molecule has 2 fully saturated rings. The van der Waals surface area contributed by atoms with Crippen molar-refractivity contribution >= 4 is 21.4 Å². The van der Waals surface area contributed by atoms with E-state index in [1.807, 2.05) is 4.90 Å². The number of rotatable bonds is 5. The predicted molar refractivity (Wildman–Crippen MR) is 127 cm³/mol. The zero-order valence-corrected chi connectivity index (χ0v) is 20.2. The van der Waals surface area contributed by atoms with Crippen LogP contribution in [0.25, 0.3) is 0 Å². The van der Waals surface area contributed by atoms with Crippen molar-refractivity contribution in [2.24, 2.45) is 0 Å². The predicted octanol–water partition coefficient (Wildman–Crippen LogP) is 3.82. The summed E-state index contributed by atoms with van der Waals surface area (Å²) < 4.78 is 30.2. The minimum atomic E-state index is -3.77. The number of nitro benzene ring substituents is 1. The van der Waals surface area contributed by atoms with E-state index >= 15 is 0 Å². The highest BCUT2D eigenvalue weighted by Crippen LogP contribution is 2.41. The van der Waals surface area contributed by atoms with Crippen molar-refractivity contribution < 1.29 is 13.3 Å². The van der Waals surface area contributed by atoms with Crippen molar-refractivity contribution in [3.8, 4) is 0 Å². The second-order valence-electron chi connectivity index (χ2n) is 9.51. The van der Waals surface area contributed by atoms with E-state index < -0.39 is 14.9 Å². The van der Waals surface area contributed by atoms with Gasteiger partial charge in [0.05, 0.1) is 15.9 Å². The second-order valence-corrected chi connectivity index (χ2v) is 11.5. The minimum absolute atomic E-state index is 0.00283. The van der Waals surface area contributed by atoms with Gasteiger partial charge >= 0.3 is 0 Å². The van der Waals surface area contributed by atoms with E-state index in [0.29, 0.717) is 25.3 Å². The van der Waals surface area contributed by atoms with E-state index in [4.69, 9.17) is 0 Å². The van der Waals surface area contributed by atoms with Crippen LogP contribution in [0.4, 0.5) is 11.4 Å². The molecule has 2 saturated heterocycles. The highest BCUT2D eigenvalue weighted by molar-refractivity contribution is 7.89. The summed E-state index contributed by atoms with van der Waals surface area (Å²) in [6.07, 6.45) is 9.62. The van der Waals surface area contributed by atoms with Crippen LogP contribution < -0.4 is 4.90 Å². The fourth-order valence-corrected chi connectivity index (χ4v) is 7.10. The fourth-order valence-electron chi connectivity index (χ4n) is 5.56. The van der Waals surface area contributed by atoms with Gasteiger partial charge in [-0.2, -0.15) is 4.31 Å². The first kappa shape index (κ1) is 23.2. The lowest BCUT2D eigenvalue weighted by atomic mass is 10.1. The zero-order chi connectivity index (χ0) is 23.7. The molecule has 10 nitrogen and oxygen atoms in total. The molecule has 1 atom stereocenters. The van der Waals surface area contributed by atoms with Gasteiger partial charge in [0.2, 0.25) is 10.0 Å². The molecular weight excluding hydrogens is 456 g/mol. The molecule has 0 amide bonds. The van der Waals surface area contributed by atoms with Crippen molar-refractivity contribution in [3.63, 3.8) is 0 Å². The first-order valence-corrected chi connectivity index (χ1v) is 13.9. The Bertz CT molecular complexity index is 1160. The smallest absolute Gasteiger partial charge is 0.293 e. The molecule has 1 aromatic carbocycles. The van der Waals surface area contributed by atoms with Crippen LogP contribution in [0.5, 0.6) is 0 Å². The summed E-state index contributed by atoms with van der Waals surface area (Å²) in [4.78, 5) is 13.6. The summed E-state index contributed by atoms with van der Waals surface area (Å²) in [5.74, 6) is 1.86. The number of hydrogen-bond donors (Lipinski definition) is 0. The molecule has 5 rings (SSSR count). The van der Waals surface area contributed by atoms with Crippen molar-refractivity contribution in [2.45, 2.75) is 81.7 Å². The molecule has 2 aromatic rings. The molecule has 0 aliphatic carbocycles. The van der Waals surface area contributed by atoms with Gasteiger partial charge in [0.15, 0.2) is 5.82 Å². The fraction of sp³-hybridized carbons (Fsp3) is 0.652. The van der Waals surface area contributed by atoms with Crippen molar-refractivity contribution in [1.29, 1.82) is 0 Å². The topological polar surface area (TPSA) is 114 Å². The molecule has 34 heavy (non-hydrogen) atoms. The third-order valence-electron chi connectivity index (χ3n) is 7.34. The number of nitrogens with zero attached hydrogens (tertiary/aromatic N) is 6. The van der Waals surface area contributed by atoms with Crippen molar-refractivity contribution in [3.05, 3.63) is 40.0 Å². The number of aromatic nitrogens is 3. The van der Waals surface area contributed by atoms with Gasteiger partial charge in [0.1, 0.15) is 11.5 Å². The molecule has 1 unspecified atom stereocenters. The van der Waals surface area contributed by atoms with Gasteiger partial charge in [0, 0.05) is 38.7 Å². The average molecular weight is 489 g/mol. The number of nitro groups is 1. The first-order chi connectivity index (χ1) is 16.5. The summed E-state index contributed by atoms with van der Waals surface area (Å²) in [5, 5.41) is 21.0. The van der Waals surface area contributed by atoms with E-state index in [1.165, 1.54) is 16.4 Å². The summed E-state index contributed by atoms with van der Waals surface area (Å²) >= 11 is 0. The molecule has 11 heteroatoms. The molecule has 0 bridgehead atoms. The Morgan fingerprint density at radius 3 is 2.41 bits per heavy atom. The third-order valence-corrected chi connectivity index (χ3v) is 9.24. The van der Waals surface area contributed by atoms with Crippen LogP contribution in [0.3, 0.4) is 0 Å². The maximum Gasteiger partial charge on any atom is 0.293 e. The highest BCUT2D eigenvalue weighted by Gasteiger charge is 2.36. The first-order valence-electron chi connectivity index (χ1n) is 12.4. The van der Waals surface area contributed by atoms with E-state index in [1.54, 1.807) is 6.07 Å². The van der Waals surface area contributed by atoms with Crippen LogP contribution in [0, 0.1) is 10.1 Å². The summed E-state index contributed by atoms with van der Waals surface area (Å²) in [7, 11) is -3.77. The summed E-state index contributed by atoms with van der Waals surface area (Å²) in [6, 6.07) is 4.28. The SMILES string of the molecule is O=[N+]([O-])c1cc(S(=O)(=O)N2CCCCCC2)ccc1N1CCCC1c1nnc2n1CCCCC2. The number of anilines is 1. The molecule has 184 valence electrons. The van der Waals surface area contributed by atoms with Gasteiger partial charge in [-0.15, -0.1) is 10.2 Å². The monoisotopic (exact) mass is 488 g/mol. The zero-order valence-electron chi connectivity index (χ0n) is 19.4. The Morgan fingerprint density at radius 2 is 1.65 bits per heavy atom. The lowest BCUT2D eigenvalue weighted by Gasteiger charge is -2.27. The molecule has 3 aliphatic rings. The van der Waals surface area contributed by atoms with E-state index in [2.05, 4.69) is 14.8 Å². The number of benzene rings is 1. The summed E-state index contributed by atoms with van der Waals surface area (Å²) in [5.41, 5.74) is 0.284. The van der Waals surface area contributed by atoms with Crippen LogP contribution in [0.2, 0.25) is 0 Å². The van der Waals surface area contributed by atoms with Crippen LogP contribution >= 0.6 is 0 Å². The number of hydrogen-bond acceptors (Lipinski definition) is 7. The Balaban J connectivity index is 1.49. The molecule has 0 saturated carbocycles. The van der Waals surface area contributed by atoms with Crippen molar-refractivity contribution in [1.82, 2.24) is 19.1 Å². The van der Waals surface area contributed by atoms with Crippen molar-refractivity contribution in [2.75, 3.05) is 24.5 Å². The van der Waals surface area contributed by atoms with Crippen LogP contribution in [0.1, 0.15) is 75.5 Å². The van der Waals surface area contributed by atoms with Crippen LogP contribution in [-0.4, -0.2) is 52.0 Å². The molecule has 0 radical (unpaired) electrons. The van der Waals surface area contributed by atoms with Gasteiger partial charge in [-0.1, -0.05) is 19.3 Å². The Labute approximate surface area is 200 Å². The molecular formula is C23H32N6O4S. The van der Waals surface area contributed by atoms with Gasteiger partial charge in [-0.05, 0) is 50.7 Å². The molecule has 4 heterocycles. The minimum Gasteiger partial charge on any atom is -0.356 e. The Kier molecular flexibility index (Phi) is 6.57. The lowest BCUT2D eigenvalue weighted by Crippen LogP contribution is -2.32. The van der Waals surface area contributed by atoms with E-state index in [-0.39, 0.29) is 16.6 Å². The van der Waals surface area contributed by atoms with Gasteiger partial charge in [-0.3, -0.25) is 10.1 Å². The second kappa shape index (κ2) is 9.61. The third kappa shape index (κ3) is 4.31. The Morgan fingerprint density at radius 1 is 0.912 bits per heavy atom. The van der Waals surface area contributed by atoms with Crippen LogP contribution in [0.15, 0.2) is 23.1 Å². The quantitative estimate of drug-likeness (QED) is 0.464. The largest absolute Gasteiger partial charge is 0.356 e. The number of aryl methyl sites for hydroxylation is 1. The standard InChI is InChI=1S/C23H32N6O4S/c30-29(31)21-17-18(34(32,33)26-13-5-1-2-6-14-26)11-12-19(21)27-16-8-9-20(27)23-25-24-22-10-4-3-7-15-28(22)23/h11-12,17,20H,1-10,13-16H2. The van der Waals surface area contributed by atoms with E-state index in [9.17, 15) is 18.5 Å². The molecule has 0 N–H and O–H groups in total. The molecule has 3 aliphatic heterocycles. The number of fused-ring (bicyclic) bond motifs is 1. The number of sulfonamides is 1. The maximum absolute atomic E-state index is 13.3. The highest BCUT2D eigenvalue weighted by atomic mass is 32.2. The molecule has 0 spiro atoms. The average Bonchev–Trinajstić information content (AvgIpc) is 3.26. The Hall–Kier alpha value is -2.53. The maximum atomic E-state index is 13.3. The van der Waals surface area contributed by atoms with Crippen LogP contribution in [-0.2, 0) is 23.0 Å². The van der Waals surface area contributed by atoms with Gasteiger partial charge in [-0.25, -0.2) is 8.42 Å². The summed E-state index contributed by atoms with van der Waals surface area (Å²) in [6.45, 7) is 2.46. The molecule has 1 aromatic heterocycles.